The molecule has 2 fully saturated rings. The van der Waals surface area contributed by atoms with E-state index in [-0.39, 0.29) is 5.91 Å². The molecule has 5 amide bonds. The fourth-order valence-electron chi connectivity index (χ4n) is 3.05. The highest BCUT2D eigenvalue weighted by atomic mass is 16.2. The van der Waals surface area contributed by atoms with Gasteiger partial charge in [-0.15, -0.1) is 0 Å². The Morgan fingerprint density at radius 1 is 1.33 bits per heavy atom. The lowest BCUT2D eigenvalue weighted by Gasteiger charge is -2.39. The average molecular weight is 295 g/mol. The monoisotopic (exact) mass is 295 g/mol. The van der Waals surface area contributed by atoms with Gasteiger partial charge in [0.15, 0.2) is 0 Å². The zero-order chi connectivity index (χ0) is 15.8. The van der Waals surface area contributed by atoms with Crippen LogP contribution in [0.5, 0.6) is 0 Å². The van der Waals surface area contributed by atoms with Crippen molar-refractivity contribution in [2.75, 3.05) is 13.6 Å². The van der Waals surface area contributed by atoms with E-state index in [9.17, 15) is 19.2 Å². The number of hydrogen-bond acceptors (Lipinski definition) is 4. The molecule has 1 N–H and O–H groups in total. The lowest BCUT2D eigenvalue weighted by molar-refractivity contribution is -0.156. The van der Waals surface area contributed by atoms with Gasteiger partial charge >= 0.3 is 6.03 Å². The summed E-state index contributed by atoms with van der Waals surface area (Å²) in [5.74, 6) is -1.36. The highest BCUT2D eigenvalue weighted by Crippen LogP contribution is 2.42. The number of nitrogens with one attached hydrogen (secondary N) is 1. The molecule has 0 aromatic rings. The second-order valence-electron chi connectivity index (χ2n) is 5.75. The highest BCUT2D eigenvalue weighted by molar-refractivity contribution is 6.20. The van der Waals surface area contributed by atoms with E-state index in [4.69, 9.17) is 0 Å². The third-order valence-corrected chi connectivity index (χ3v) is 4.55. The van der Waals surface area contributed by atoms with Crippen molar-refractivity contribution in [3.63, 3.8) is 0 Å². The Labute approximate surface area is 123 Å². The second-order valence-corrected chi connectivity index (χ2v) is 5.75. The summed E-state index contributed by atoms with van der Waals surface area (Å²) < 4.78 is 0. The number of urea groups is 1. The number of carbonyl (C=O) groups is 4. The van der Waals surface area contributed by atoms with Gasteiger partial charge in [-0.25, -0.2) is 4.79 Å². The van der Waals surface area contributed by atoms with Gasteiger partial charge in [-0.05, 0) is 26.7 Å². The third-order valence-electron chi connectivity index (χ3n) is 4.55. The largest absolute Gasteiger partial charge is 0.344 e. The molecule has 7 heteroatoms. The molecule has 1 heterocycles. The number of barbiturate groups is 1. The van der Waals surface area contributed by atoms with Crippen LogP contribution in [0.25, 0.3) is 0 Å². The van der Waals surface area contributed by atoms with Crippen LogP contribution in [-0.2, 0) is 14.4 Å². The summed E-state index contributed by atoms with van der Waals surface area (Å²) in [6.45, 7) is 3.81. The van der Waals surface area contributed by atoms with E-state index < -0.39 is 29.3 Å². The summed E-state index contributed by atoms with van der Waals surface area (Å²) in [6.07, 6.45) is 2.43. The van der Waals surface area contributed by atoms with Gasteiger partial charge in [0.05, 0.1) is 0 Å². The molecule has 1 saturated carbocycles. The van der Waals surface area contributed by atoms with Gasteiger partial charge in [0.2, 0.25) is 17.7 Å². The Kier molecular flexibility index (Phi) is 4.02. The first-order chi connectivity index (χ1) is 9.85. The fraction of sp³-hybridized carbons (Fsp3) is 0.714. The number of carbonyl (C=O) groups excluding carboxylic acids is 4. The molecule has 0 aromatic carbocycles. The highest BCUT2D eigenvalue weighted by Gasteiger charge is 2.56. The molecule has 2 aliphatic rings. The van der Waals surface area contributed by atoms with E-state index in [0.29, 0.717) is 19.4 Å². The standard InChI is InChI=1S/C14H21N3O4/c1-4-16(3)10(18)9(2)17-12(20)14(7-5-6-8-14)11(19)15-13(17)21/h9H,4-8H2,1-3H3,(H,15,19,21). The zero-order valence-corrected chi connectivity index (χ0v) is 12.6. The molecular formula is C14H21N3O4. The number of likely N-dealkylation sites (N-methyl/N-ethyl adjacent to an activating group) is 1. The van der Waals surface area contributed by atoms with Crippen molar-refractivity contribution in [1.82, 2.24) is 15.1 Å². The normalized spacial score (nSPS) is 22.4. The van der Waals surface area contributed by atoms with Gasteiger partial charge < -0.3 is 4.90 Å². The number of hydrogen-bond donors (Lipinski definition) is 1. The Bertz CT molecular complexity index is 496. The molecule has 1 aliphatic heterocycles. The summed E-state index contributed by atoms with van der Waals surface area (Å²) in [5.41, 5.74) is -1.16. The quantitative estimate of drug-likeness (QED) is 0.768. The van der Waals surface area contributed by atoms with E-state index in [1.165, 1.54) is 11.8 Å². The van der Waals surface area contributed by atoms with Gasteiger partial charge in [-0.3, -0.25) is 24.6 Å². The van der Waals surface area contributed by atoms with Crippen LogP contribution in [0.2, 0.25) is 0 Å². The Hall–Kier alpha value is -1.92. The lowest BCUT2D eigenvalue weighted by atomic mass is 9.81. The Balaban J connectivity index is 2.30. The van der Waals surface area contributed by atoms with Crippen molar-refractivity contribution in [2.24, 2.45) is 5.41 Å². The second kappa shape index (κ2) is 5.46. The van der Waals surface area contributed by atoms with Crippen molar-refractivity contribution < 1.29 is 19.2 Å². The van der Waals surface area contributed by atoms with Crippen molar-refractivity contribution in [3.8, 4) is 0 Å². The van der Waals surface area contributed by atoms with Crippen molar-refractivity contribution in [1.29, 1.82) is 0 Å². The number of amides is 5. The first-order valence-corrected chi connectivity index (χ1v) is 7.29. The van der Waals surface area contributed by atoms with Crippen LogP contribution < -0.4 is 5.32 Å². The molecule has 2 rings (SSSR count). The molecule has 0 aromatic heterocycles. The minimum atomic E-state index is -1.16. The van der Waals surface area contributed by atoms with Gasteiger partial charge in [-0.2, -0.15) is 0 Å². The molecule has 1 spiro atoms. The predicted octanol–water partition coefficient (Wildman–Crippen LogP) is 0.492. The molecule has 1 saturated heterocycles. The van der Waals surface area contributed by atoms with Gasteiger partial charge in [-0.1, -0.05) is 12.8 Å². The molecule has 116 valence electrons. The van der Waals surface area contributed by atoms with Crippen LogP contribution >= 0.6 is 0 Å². The first-order valence-electron chi connectivity index (χ1n) is 7.29. The molecular weight excluding hydrogens is 274 g/mol. The van der Waals surface area contributed by atoms with Crippen LogP contribution in [-0.4, -0.2) is 53.2 Å². The smallest absolute Gasteiger partial charge is 0.331 e. The van der Waals surface area contributed by atoms with Crippen molar-refractivity contribution >= 4 is 23.8 Å². The minimum absolute atomic E-state index is 0.316. The van der Waals surface area contributed by atoms with Crippen LogP contribution in [0.15, 0.2) is 0 Å². The van der Waals surface area contributed by atoms with Crippen LogP contribution in [0.1, 0.15) is 39.5 Å². The molecule has 7 nitrogen and oxygen atoms in total. The minimum Gasteiger partial charge on any atom is -0.344 e. The maximum atomic E-state index is 12.7. The van der Waals surface area contributed by atoms with Gasteiger partial charge in [0.1, 0.15) is 11.5 Å². The molecule has 1 aliphatic carbocycles. The van der Waals surface area contributed by atoms with Crippen LogP contribution in [0.4, 0.5) is 4.79 Å². The van der Waals surface area contributed by atoms with E-state index in [1.807, 2.05) is 6.92 Å². The number of rotatable bonds is 3. The molecule has 1 unspecified atom stereocenters. The topological polar surface area (TPSA) is 86.8 Å². The maximum absolute atomic E-state index is 12.7. The first kappa shape index (κ1) is 15.5. The number of nitrogens with zero attached hydrogens (tertiary/aromatic N) is 2. The maximum Gasteiger partial charge on any atom is 0.331 e. The number of imide groups is 2. The summed E-state index contributed by atoms with van der Waals surface area (Å²) >= 11 is 0. The molecule has 21 heavy (non-hydrogen) atoms. The van der Waals surface area contributed by atoms with Gasteiger partial charge in [0.25, 0.3) is 0 Å². The summed E-state index contributed by atoms with van der Waals surface area (Å²) in [7, 11) is 1.61. The van der Waals surface area contributed by atoms with Crippen molar-refractivity contribution in [3.05, 3.63) is 0 Å². The third kappa shape index (κ3) is 2.30. The summed E-state index contributed by atoms with van der Waals surface area (Å²) in [6, 6.07) is -1.71. The van der Waals surface area contributed by atoms with Crippen LogP contribution in [0.3, 0.4) is 0 Å². The molecule has 0 bridgehead atoms. The molecule has 0 radical (unpaired) electrons. The average Bonchev–Trinajstić information content (AvgIpc) is 2.94. The zero-order valence-electron chi connectivity index (χ0n) is 12.6. The van der Waals surface area contributed by atoms with E-state index >= 15 is 0 Å². The SMILES string of the molecule is CCN(C)C(=O)C(C)N1C(=O)NC(=O)C2(CCCC2)C1=O. The van der Waals surface area contributed by atoms with E-state index in [2.05, 4.69) is 5.32 Å². The molecule has 1 atom stereocenters. The summed E-state index contributed by atoms with van der Waals surface area (Å²) in [4.78, 5) is 51.4. The van der Waals surface area contributed by atoms with E-state index in [1.54, 1.807) is 7.05 Å². The Morgan fingerprint density at radius 3 is 2.43 bits per heavy atom. The predicted molar refractivity (Wildman–Crippen MR) is 74.1 cm³/mol. The summed E-state index contributed by atoms with van der Waals surface area (Å²) in [5, 5.41) is 2.24. The van der Waals surface area contributed by atoms with Gasteiger partial charge in [0, 0.05) is 13.6 Å². The van der Waals surface area contributed by atoms with Crippen LogP contribution in [0, 0.1) is 5.41 Å². The Morgan fingerprint density at radius 2 is 1.90 bits per heavy atom. The fourth-order valence-corrected chi connectivity index (χ4v) is 3.05. The van der Waals surface area contributed by atoms with E-state index in [0.717, 1.165) is 17.7 Å². The lowest BCUT2D eigenvalue weighted by Crippen LogP contribution is -2.66. The van der Waals surface area contributed by atoms with Crippen molar-refractivity contribution in [2.45, 2.75) is 45.6 Å².